The minimum atomic E-state index is -3.95. The molecule has 3 N–H and O–H groups in total. The quantitative estimate of drug-likeness (QED) is 0.875. The Bertz CT molecular complexity index is 831. The van der Waals surface area contributed by atoms with E-state index in [1.807, 2.05) is 0 Å². The van der Waals surface area contributed by atoms with E-state index in [9.17, 15) is 13.2 Å². The van der Waals surface area contributed by atoms with Crippen molar-refractivity contribution < 1.29 is 17.9 Å². The van der Waals surface area contributed by atoms with Gasteiger partial charge in [0, 0.05) is 16.8 Å². The van der Waals surface area contributed by atoms with Gasteiger partial charge in [0.15, 0.2) is 9.96 Å². The first kappa shape index (κ1) is 16.8. The number of ether oxygens (including phenoxy) is 1. The van der Waals surface area contributed by atoms with Crippen LogP contribution in [0.5, 0.6) is 5.75 Å². The molecular weight excluding hydrogens is 348 g/mol. The molecule has 1 aromatic carbocycles. The van der Waals surface area contributed by atoms with Crippen LogP contribution in [0.25, 0.3) is 0 Å². The summed E-state index contributed by atoms with van der Waals surface area (Å²) < 4.78 is 27.7. The number of hydrogen-bond acceptors (Lipinski definition) is 5. The third kappa shape index (κ3) is 3.41. The number of nitrogens with one attached hydrogen (secondary N) is 1. The number of rotatable bonds is 4. The molecule has 2 rings (SSSR count). The van der Waals surface area contributed by atoms with Gasteiger partial charge < -0.3 is 10.1 Å². The number of amides is 1. The fourth-order valence-electron chi connectivity index (χ4n) is 1.74. The van der Waals surface area contributed by atoms with Crippen LogP contribution in [0.4, 0.5) is 5.69 Å². The fourth-order valence-corrected chi connectivity index (χ4v) is 3.82. The lowest BCUT2D eigenvalue weighted by Crippen LogP contribution is -2.12. The smallest absolute Gasteiger partial charge is 0.265 e. The van der Waals surface area contributed by atoms with Gasteiger partial charge in [0.05, 0.1) is 12.0 Å². The summed E-state index contributed by atoms with van der Waals surface area (Å²) in [6, 6.07) is 6.44. The van der Waals surface area contributed by atoms with Crippen LogP contribution in [0.2, 0.25) is 5.02 Å². The van der Waals surface area contributed by atoms with E-state index in [1.165, 1.54) is 13.2 Å². The van der Waals surface area contributed by atoms with Gasteiger partial charge in [0.1, 0.15) is 0 Å². The van der Waals surface area contributed by atoms with Crippen molar-refractivity contribution in [1.82, 2.24) is 0 Å². The van der Waals surface area contributed by atoms with E-state index in [0.29, 0.717) is 16.3 Å². The topological polar surface area (TPSA) is 98.5 Å². The van der Waals surface area contributed by atoms with Crippen molar-refractivity contribution in [2.75, 3.05) is 12.4 Å². The number of thiophene rings is 1. The number of primary sulfonamides is 1. The predicted octanol–water partition coefficient (Wildman–Crippen LogP) is 2.62. The largest absolute Gasteiger partial charge is 0.494 e. The second-order valence-electron chi connectivity index (χ2n) is 4.38. The molecule has 1 heterocycles. The Morgan fingerprint density at radius 2 is 2.09 bits per heavy atom. The summed E-state index contributed by atoms with van der Waals surface area (Å²) in [5.74, 6) is -0.427. The summed E-state index contributed by atoms with van der Waals surface area (Å²) in [7, 11) is -2.65. The number of halogens is 1. The molecule has 0 spiro atoms. The Balaban J connectivity index is 2.35. The first-order valence-corrected chi connectivity index (χ1v) is 8.75. The monoisotopic (exact) mass is 360 g/mol. The Labute approximate surface area is 136 Å². The highest BCUT2D eigenvalue weighted by molar-refractivity contribution is 7.91. The average Bonchev–Trinajstić information content (AvgIpc) is 2.88. The zero-order chi connectivity index (χ0) is 16.5. The molecule has 0 aliphatic carbocycles. The SMILES string of the molecule is COc1cc(C(=O)Nc2cccc(Cl)c2C)sc1S(N)(=O)=O. The molecule has 2 aromatic rings. The molecule has 0 radical (unpaired) electrons. The molecule has 0 atom stereocenters. The van der Waals surface area contributed by atoms with Gasteiger partial charge in [-0.25, -0.2) is 13.6 Å². The molecule has 0 unspecified atom stereocenters. The number of nitrogens with two attached hydrogens (primary N) is 1. The molecule has 6 nitrogen and oxygen atoms in total. The van der Waals surface area contributed by atoms with Crippen LogP contribution in [-0.2, 0) is 10.0 Å². The van der Waals surface area contributed by atoms with Crippen molar-refractivity contribution in [3.63, 3.8) is 0 Å². The highest BCUT2D eigenvalue weighted by Crippen LogP contribution is 2.33. The second kappa shape index (κ2) is 6.25. The zero-order valence-electron chi connectivity index (χ0n) is 11.7. The molecule has 9 heteroatoms. The Kier molecular flexibility index (Phi) is 4.76. The third-order valence-corrected chi connectivity index (χ3v) is 5.87. The number of carbonyl (C=O) groups is 1. The van der Waals surface area contributed by atoms with Crippen LogP contribution in [-0.4, -0.2) is 21.4 Å². The standard InChI is InChI=1S/C13H13ClN2O4S2/c1-7-8(14)4-3-5-9(7)16-12(17)11-6-10(20-2)13(21-11)22(15,18)19/h3-6H,1-2H3,(H,16,17)(H2,15,18,19). The maximum atomic E-state index is 12.3. The number of sulfonamides is 1. The lowest BCUT2D eigenvalue weighted by molar-refractivity contribution is 0.103. The highest BCUT2D eigenvalue weighted by atomic mass is 35.5. The van der Waals surface area contributed by atoms with Crippen LogP contribution >= 0.6 is 22.9 Å². The van der Waals surface area contributed by atoms with Gasteiger partial charge in [0.25, 0.3) is 15.9 Å². The fraction of sp³-hybridized carbons (Fsp3) is 0.154. The Hall–Kier alpha value is -1.61. The van der Waals surface area contributed by atoms with Crippen molar-refractivity contribution in [1.29, 1.82) is 0 Å². The van der Waals surface area contributed by atoms with E-state index in [1.54, 1.807) is 25.1 Å². The number of benzene rings is 1. The van der Waals surface area contributed by atoms with Crippen molar-refractivity contribution in [3.8, 4) is 5.75 Å². The number of methoxy groups -OCH3 is 1. The zero-order valence-corrected chi connectivity index (χ0v) is 14.1. The number of hydrogen-bond donors (Lipinski definition) is 2. The summed E-state index contributed by atoms with van der Waals surface area (Å²) in [4.78, 5) is 12.4. The molecule has 0 saturated heterocycles. The second-order valence-corrected chi connectivity index (χ2v) is 7.59. The number of anilines is 1. The average molecular weight is 361 g/mol. The van der Waals surface area contributed by atoms with Gasteiger partial charge in [-0.3, -0.25) is 4.79 Å². The molecule has 0 fully saturated rings. The van der Waals surface area contributed by atoms with Crippen molar-refractivity contribution in [2.45, 2.75) is 11.1 Å². The number of carbonyl (C=O) groups excluding carboxylic acids is 1. The Morgan fingerprint density at radius 3 is 2.64 bits per heavy atom. The molecule has 0 bridgehead atoms. The summed E-state index contributed by atoms with van der Waals surface area (Å²) in [6.45, 7) is 1.77. The highest BCUT2D eigenvalue weighted by Gasteiger charge is 2.23. The summed E-state index contributed by atoms with van der Waals surface area (Å²) >= 11 is 6.74. The lowest BCUT2D eigenvalue weighted by Gasteiger charge is -2.08. The van der Waals surface area contributed by atoms with E-state index in [0.717, 1.165) is 11.3 Å². The van der Waals surface area contributed by atoms with Gasteiger partial charge in [0.2, 0.25) is 0 Å². The van der Waals surface area contributed by atoms with E-state index < -0.39 is 15.9 Å². The van der Waals surface area contributed by atoms with Crippen LogP contribution in [0.3, 0.4) is 0 Å². The molecule has 0 aliphatic rings. The minimum absolute atomic E-state index is 0.0421. The summed E-state index contributed by atoms with van der Waals surface area (Å²) in [6.07, 6.45) is 0. The van der Waals surface area contributed by atoms with Crippen molar-refractivity contribution in [2.24, 2.45) is 5.14 Å². The third-order valence-electron chi connectivity index (χ3n) is 2.88. The molecule has 1 aromatic heterocycles. The van der Waals surface area contributed by atoms with E-state index in [2.05, 4.69) is 5.32 Å². The maximum Gasteiger partial charge on any atom is 0.265 e. The Morgan fingerprint density at radius 1 is 1.41 bits per heavy atom. The first-order valence-electron chi connectivity index (χ1n) is 6.01. The van der Waals surface area contributed by atoms with Crippen LogP contribution in [0.15, 0.2) is 28.5 Å². The molecule has 0 aliphatic heterocycles. The molecule has 0 saturated carbocycles. The maximum absolute atomic E-state index is 12.3. The van der Waals surface area contributed by atoms with E-state index >= 15 is 0 Å². The van der Waals surface area contributed by atoms with Crippen molar-refractivity contribution in [3.05, 3.63) is 39.7 Å². The van der Waals surface area contributed by atoms with Crippen LogP contribution in [0.1, 0.15) is 15.2 Å². The predicted molar refractivity (Wildman–Crippen MR) is 86.4 cm³/mol. The lowest BCUT2D eigenvalue weighted by atomic mass is 10.2. The van der Waals surface area contributed by atoms with Crippen LogP contribution in [0, 0.1) is 6.92 Å². The van der Waals surface area contributed by atoms with Crippen molar-refractivity contribution >= 4 is 44.6 Å². The van der Waals surface area contributed by atoms with E-state index in [4.69, 9.17) is 21.5 Å². The summed E-state index contributed by atoms with van der Waals surface area (Å²) in [5.41, 5.74) is 1.26. The van der Waals surface area contributed by atoms with Gasteiger partial charge in [-0.1, -0.05) is 17.7 Å². The molecular formula is C13H13ClN2O4S2. The summed E-state index contributed by atoms with van der Waals surface area (Å²) in [5, 5.41) is 8.30. The molecule has 22 heavy (non-hydrogen) atoms. The normalized spacial score (nSPS) is 11.3. The first-order chi connectivity index (χ1) is 10.2. The van der Waals surface area contributed by atoms with Gasteiger partial charge >= 0.3 is 0 Å². The van der Waals surface area contributed by atoms with Gasteiger partial charge in [-0.2, -0.15) is 0 Å². The van der Waals surface area contributed by atoms with Gasteiger partial charge in [-0.05, 0) is 24.6 Å². The van der Waals surface area contributed by atoms with E-state index in [-0.39, 0.29) is 14.8 Å². The van der Waals surface area contributed by atoms with Crippen LogP contribution < -0.4 is 15.2 Å². The van der Waals surface area contributed by atoms with Gasteiger partial charge in [-0.15, -0.1) is 11.3 Å². The molecule has 118 valence electrons. The molecule has 1 amide bonds. The minimum Gasteiger partial charge on any atom is -0.494 e.